The molecule has 0 aromatic carbocycles. The molecule has 0 spiro atoms. The van der Waals surface area contributed by atoms with Crippen LogP contribution in [-0.2, 0) is 16.3 Å². The first-order valence-electron chi connectivity index (χ1n) is 10.8. The molecule has 3 aliphatic rings. The Morgan fingerprint density at radius 3 is 2.56 bits per heavy atom. The number of anilines is 1. The second-order valence-electron chi connectivity index (χ2n) is 9.36. The Bertz CT molecular complexity index is 1160. The quantitative estimate of drug-likeness (QED) is 0.665. The molecule has 1 unspecified atom stereocenters. The zero-order valence-corrected chi connectivity index (χ0v) is 18.6. The number of nitrogens with one attached hydrogen (secondary N) is 1. The van der Waals surface area contributed by atoms with E-state index in [1.807, 2.05) is 13.8 Å². The second-order valence-corrected chi connectivity index (χ2v) is 11.3. The van der Waals surface area contributed by atoms with Crippen molar-refractivity contribution in [1.82, 2.24) is 23.9 Å². The van der Waals surface area contributed by atoms with Gasteiger partial charge in [-0.15, -0.1) is 5.10 Å². The van der Waals surface area contributed by atoms with Gasteiger partial charge in [0, 0.05) is 18.2 Å². The molecule has 13 heteroatoms. The van der Waals surface area contributed by atoms with Crippen LogP contribution in [0.3, 0.4) is 0 Å². The molecule has 5 rings (SSSR count). The minimum absolute atomic E-state index is 0.00642. The fourth-order valence-corrected chi connectivity index (χ4v) is 6.26. The summed E-state index contributed by atoms with van der Waals surface area (Å²) in [6.07, 6.45) is 3.58. The zero-order valence-electron chi connectivity index (χ0n) is 17.8. The van der Waals surface area contributed by atoms with Crippen molar-refractivity contribution in [2.75, 3.05) is 12.3 Å². The van der Waals surface area contributed by atoms with Crippen LogP contribution in [0.2, 0.25) is 0 Å². The van der Waals surface area contributed by atoms with E-state index in [1.165, 1.54) is 4.52 Å². The predicted octanol–water partition coefficient (Wildman–Crippen LogP) is 3.11. The molecule has 3 fully saturated rings. The molecule has 2 saturated carbocycles. The lowest BCUT2D eigenvalue weighted by Crippen LogP contribution is -2.45. The number of aromatic nitrogens is 4. The van der Waals surface area contributed by atoms with E-state index >= 15 is 0 Å². The molecule has 2 aromatic heterocycles. The van der Waals surface area contributed by atoms with Crippen LogP contribution in [0.15, 0.2) is 0 Å². The van der Waals surface area contributed by atoms with Crippen LogP contribution in [0.4, 0.5) is 19.0 Å². The number of nitrogens with two attached hydrogens (primary N) is 1. The van der Waals surface area contributed by atoms with Crippen LogP contribution >= 0.6 is 0 Å². The highest BCUT2D eigenvalue weighted by atomic mass is 32.2. The van der Waals surface area contributed by atoms with Crippen LogP contribution in [-0.4, -0.2) is 52.3 Å². The van der Waals surface area contributed by atoms with Gasteiger partial charge >= 0.3 is 11.5 Å². The van der Waals surface area contributed by atoms with Gasteiger partial charge < -0.3 is 10.5 Å². The topological polar surface area (TPSA) is 122 Å². The van der Waals surface area contributed by atoms with Crippen LogP contribution in [0.5, 0.6) is 6.01 Å². The van der Waals surface area contributed by atoms with Crippen molar-refractivity contribution in [2.24, 2.45) is 11.8 Å². The fraction of sp³-hybridized carbons (Fsp3) is 0.737. The highest BCUT2D eigenvalue weighted by Gasteiger charge is 2.55. The Morgan fingerprint density at radius 1 is 1.28 bits per heavy atom. The third-order valence-electron chi connectivity index (χ3n) is 6.73. The summed E-state index contributed by atoms with van der Waals surface area (Å²) in [5, 5.41) is 4.35. The summed E-state index contributed by atoms with van der Waals surface area (Å²) >= 11 is 0. The average Bonchev–Trinajstić information content (AvgIpc) is 3.10. The highest BCUT2D eigenvalue weighted by Crippen LogP contribution is 2.48. The molecule has 1 aliphatic heterocycles. The Labute approximate surface area is 183 Å². The van der Waals surface area contributed by atoms with E-state index < -0.39 is 21.5 Å². The number of hydrogen-bond donors (Lipinski definition) is 2. The summed E-state index contributed by atoms with van der Waals surface area (Å²) in [5.74, 6) is 0.839. The molecule has 1 saturated heterocycles. The van der Waals surface area contributed by atoms with Gasteiger partial charge in [-0.1, -0.05) is 13.8 Å². The van der Waals surface area contributed by atoms with Gasteiger partial charge in [-0.05, 0) is 49.9 Å². The van der Waals surface area contributed by atoms with Gasteiger partial charge in [-0.25, -0.2) is 18.3 Å². The van der Waals surface area contributed by atoms with Crippen LogP contribution in [0.25, 0.3) is 5.78 Å². The molecule has 2 aromatic rings. The summed E-state index contributed by atoms with van der Waals surface area (Å²) in [7, 11) is -4.80. The first kappa shape index (κ1) is 21.7. The number of hydrogen-bond acceptors (Lipinski definition) is 7. The molecule has 9 nitrogen and oxygen atoms in total. The van der Waals surface area contributed by atoms with Crippen molar-refractivity contribution in [3.63, 3.8) is 0 Å². The Balaban J connectivity index is 1.41. The lowest BCUT2D eigenvalue weighted by Gasteiger charge is -2.33. The maximum Gasteiger partial charge on any atom is 0.492 e. The van der Waals surface area contributed by atoms with Gasteiger partial charge in [0.15, 0.2) is 0 Å². The van der Waals surface area contributed by atoms with Crippen molar-refractivity contribution < 1.29 is 22.1 Å². The summed E-state index contributed by atoms with van der Waals surface area (Å²) < 4.78 is 66.9. The smallest absolute Gasteiger partial charge is 0.459 e. The molecule has 0 radical (unpaired) electrons. The minimum Gasteiger partial charge on any atom is -0.459 e. The van der Waals surface area contributed by atoms with Gasteiger partial charge in [-0.2, -0.15) is 22.7 Å². The predicted molar refractivity (Wildman–Crippen MR) is 110 cm³/mol. The van der Waals surface area contributed by atoms with Gasteiger partial charge in [0.2, 0.25) is 9.92 Å². The number of alkyl halides is 3. The third-order valence-corrected chi connectivity index (χ3v) is 8.46. The Morgan fingerprint density at radius 2 is 2.00 bits per heavy atom. The number of halogens is 3. The molecule has 32 heavy (non-hydrogen) atoms. The van der Waals surface area contributed by atoms with Crippen molar-refractivity contribution in [3.05, 3.63) is 11.3 Å². The first-order valence-corrected chi connectivity index (χ1v) is 12.3. The summed E-state index contributed by atoms with van der Waals surface area (Å²) in [5.41, 5.74) is 3.04. The van der Waals surface area contributed by atoms with Crippen molar-refractivity contribution >= 4 is 21.5 Å². The van der Waals surface area contributed by atoms with Crippen LogP contribution < -0.4 is 10.5 Å². The monoisotopic (exact) mass is 473 g/mol. The lowest BCUT2D eigenvalue weighted by atomic mass is 9.87. The molecular weight excluding hydrogens is 447 g/mol. The number of nitrogens with zero attached hydrogens (tertiary/aromatic N) is 5. The normalized spacial score (nSPS) is 28.0. The zero-order chi connectivity index (χ0) is 23.0. The van der Waals surface area contributed by atoms with Crippen molar-refractivity contribution in [3.8, 4) is 6.01 Å². The molecule has 4 atom stereocenters. The maximum absolute atomic E-state index is 13.1. The molecule has 2 bridgehead atoms. The minimum atomic E-state index is -5.05. The SMILES string of the molecule is CC(C)c1nc2nc(OC3CC3)nn2c(N)c1C[C@@H]1C[C@@H]2C[C@H]1CN2S(=N)(=O)C(F)(F)F. The van der Waals surface area contributed by atoms with Crippen LogP contribution in [0.1, 0.15) is 56.7 Å². The van der Waals surface area contributed by atoms with E-state index in [4.69, 9.17) is 15.3 Å². The number of nitrogen functional groups attached to an aromatic ring is 1. The second kappa shape index (κ2) is 7.17. The van der Waals surface area contributed by atoms with E-state index in [2.05, 4.69) is 15.1 Å². The van der Waals surface area contributed by atoms with E-state index in [0.717, 1.165) is 28.4 Å². The molecule has 3 N–H and O–H groups in total. The third kappa shape index (κ3) is 3.49. The largest absolute Gasteiger partial charge is 0.492 e. The molecule has 176 valence electrons. The Kier molecular flexibility index (Phi) is 4.86. The number of fused-ring (bicyclic) bond motifs is 3. The van der Waals surface area contributed by atoms with Crippen LogP contribution in [0, 0.1) is 16.6 Å². The summed E-state index contributed by atoms with van der Waals surface area (Å²) in [4.78, 5) is 9.01. The molecule has 3 heterocycles. The highest BCUT2D eigenvalue weighted by molar-refractivity contribution is 7.91. The molecular formula is C19H26F3N7O2S. The molecule has 2 aliphatic carbocycles. The Hall–Kier alpha value is -2.15. The average molecular weight is 474 g/mol. The van der Waals surface area contributed by atoms with Gasteiger partial charge in [0.25, 0.3) is 5.78 Å². The summed E-state index contributed by atoms with van der Waals surface area (Å²) in [6, 6.07) is -0.270. The van der Waals surface area contributed by atoms with Crippen molar-refractivity contribution in [1.29, 1.82) is 4.78 Å². The van der Waals surface area contributed by atoms with E-state index in [-0.39, 0.29) is 36.4 Å². The number of ether oxygens (including phenoxy) is 1. The van der Waals surface area contributed by atoms with Gasteiger partial charge in [-0.3, -0.25) is 0 Å². The fourth-order valence-electron chi connectivity index (χ4n) is 5.00. The standard InChI is InChI=1S/C19H26F3N7O2S/c1-9(2)15-14(16(23)29-17(25-15)26-18(27-29)31-13-3-4-13)7-10-5-12-6-11(10)8-28(12)32(24,30)19(20,21)22/h9-13,24H,3-8,23H2,1-2H3/t10-,11-,12+,32?/m0/s1. The molecule has 0 amide bonds. The van der Waals surface area contributed by atoms with Gasteiger partial charge in [0.1, 0.15) is 11.9 Å². The lowest BCUT2D eigenvalue weighted by molar-refractivity contribution is -0.0464. The number of rotatable bonds is 6. The van der Waals surface area contributed by atoms with E-state index in [1.54, 1.807) is 0 Å². The summed E-state index contributed by atoms with van der Waals surface area (Å²) in [6.45, 7) is 4.01. The van der Waals surface area contributed by atoms with Gasteiger partial charge in [0.05, 0.1) is 5.69 Å². The van der Waals surface area contributed by atoms with E-state index in [0.29, 0.717) is 30.9 Å². The first-order chi connectivity index (χ1) is 15.0. The number of piperidine rings is 1. The van der Waals surface area contributed by atoms with Crippen molar-refractivity contribution in [2.45, 2.75) is 69.5 Å². The maximum atomic E-state index is 13.1. The van der Waals surface area contributed by atoms with E-state index in [9.17, 15) is 17.4 Å².